The second-order valence-electron chi connectivity index (χ2n) is 4.48. The fraction of sp³-hybridized carbons (Fsp3) is 0.0714. The van der Waals surface area contributed by atoms with E-state index in [1.807, 2.05) is 0 Å². The lowest BCUT2D eigenvalue weighted by Gasteiger charge is -2.12. The Morgan fingerprint density at radius 2 is 1.81 bits per heavy atom. The Morgan fingerprint density at radius 1 is 1.19 bits per heavy atom. The number of hydrogen-bond acceptors (Lipinski definition) is 4. The highest BCUT2D eigenvalue weighted by molar-refractivity contribution is 7.90. The molecule has 3 N–H and O–H groups in total. The average Bonchev–Trinajstić information content (AvgIpc) is 2.38. The standard InChI is InChI=1S/C14H13ClN2O2S2/c1-21(18,19)11-5-3-10(4-6-11)17-13-8-9(15)2-7-12(13)14(16)20/h2-8,17H,1H3,(H2,16,20). The van der Waals surface area contributed by atoms with Gasteiger partial charge in [0.2, 0.25) is 0 Å². The first-order chi connectivity index (χ1) is 9.77. The van der Waals surface area contributed by atoms with Crippen LogP contribution in [0, 0.1) is 0 Å². The largest absolute Gasteiger partial charge is 0.389 e. The predicted octanol–water partition coefficient (Wildman–Crippen LogP) is 3.12. The zero-order valence-electron chi connectivity index (χ0n) is 11.1. The maximum Gasteiger partial charge on any atom is 0.175 e. The van der Waals surface area contributed by atoms with Gasteiger partial charge in [-0.3, -0.25) is 0 Å². The Labute approximate surface area is 133 Å². The molecule has 0 heterocycles. The van der Waals surface area contributed by atoms with E-state index in [0.717, 1.165) is 6.26 Å². The van der Waals surface area contributed by atoms with Crippen LogP contribution >= 0.6 is 23.8 Å². The average molecular weight is 341 g/mol. The van der Waals surface area contributed by atoms with Gasteiger partial charge in [-0.1, -0.05) is 23.8 Å². The Morgan fingerprint density at radius 3 is 2.33 bits per heavy atom. The Hall–Kier alpha value is -1.63. The molecule has 0 radical (unpaired) electrons. The third-order valence-corrected chi connectivity index (χ3v) is 4.39. The molecule has 0 aromatic heterocycles. The van der Waals surface area contributed by atoms with Crippen molar-refractivity contribution in [1.29, 1.82) is 0 Å². The van der Waals surface area contributed by atoms with Crippen LogP contribution in [0.15, 0.2) is 47.4 Å². The molecule has 0 amide bonds. The molecule has 0 aliphatic heterocycles. The molecule has 0 bridgehead atoms. The summed E-state index contributed by atoms with van der Waals surface area (Å²) in [6, 6.07) is 11.5. The molecular formula is C14H13ClN2O2S2. The summed E-state index contributed by atoms with van der Waals surface area (Å²) in [4.78, 5) is 0.510. The van der Waals surface area contributed by atoms with Crippen molar-refractivity contribution >= 4 is 50.0 Å². The number of benzene rings is 2. The Bertz CT molecular complexity index is 787. The number of thiocarbonyl (C=S) groups is 1. The van der Waals surface area contributed by atoms with Crippen molar-refractivity contribution in [3.8, 4) is 0 Å². The van der Waals surface area contributed by atoms with Crippen molar-refractivity contribution in [3.05, 3.63) is 53.1 Å². The number of anilines is 2. The number of nitrogens with one attached hydrogen (secondary N) is 1. The molecule has 0 atom stereocenters. The van der Waals surface area contributed by atoms with Crippen LogP contribution in [0.25, 0.3) is 0 Å². The number of hydrogen-bond donors (Lipinski definition) is 2. The van der Waals surface area contributed by atoms with E-state index in [0.29, 0.717) is 22.0 Å². The van der Waals surface area contributed by atoms with Crippen LogP contribution in [-0.4, -0.2) is 19.7 Å². The zero-order chi connectivity index (χ0) is 15.6. The zero-order valence-corrected chi connectivity index (χ0v) is 13.5. The smallest absolute Gasteiger partial charge is 0.175 e. The molecule has 2 rings (SSSR count). The molecule has 0 aliphatic carbocycles. The maximum absolute atomic E-state index is 11.4. The van der Waals surface area contributed by atoms with Gasteiger partial charge >= 0.3 is 0 Å². The van der Waals surface area contributed by atoms with Gasteiger partial charge in [-0.15, -0.1) is 0 Å². The van der Waals surface area contributed by atoms with Crippen molar-refractivity contribution in [2.45, 2.75) is 4.90 Å². The van der Waals surface area contributed by atoms with Gasteiger partial charge in [0, 0.05) is 22.5 Å². The van der Waals surface area contributed by atoms with Gasteiger partial charge in [0.25, 0.3) is 0 Å². The van der Waals surface area contributed by atoms with Crippen molar-refractivity contribution in [2.24, 2.45) is 5.73 Å². The fourth-order valence-corrected chi connectivity index (χ4v) is 2.76. The quantitative estimate of drug-likeness (QED) is 0.837. The molecule has 0 spiro atoms. The topological polar surface area (TPSA) is 72.2 Å². The lowest BCUT2D eigenvalue weighted by atomic mass is 10.1. The van der Waals surface area contributed by atoms with Crippen LogP contribution in [0.2, 0.25) is 5.02 Å². The molecule has 0 unspecified atom stereocenters. The number of halogens is 1. The molecule has 7 heteroatoms. The number of sulfone groups is 1. The van der Waals surface area contributed by atoms with Gasteiger partial charge in [-0.25, -0.2) is 8.42 Å². The molecule has 2 aromatic carbocycles. The molecule has 0 saturated carbocycles. The summed E-state index contributed by atoms with van der Waals surface area (Å²) in [6.45, 7) is 0. The minimum atomic E-state index is -3.21. The highest BCUT2D eigenvalue weighted by Crippen LogP contribution is 2.25. The normalized spacial score (nSPS) is 11.1. The Kier molecular flexibility index (Phi) is 4.51. The van der Waals surface area contributed by atoms with Crippen molar-refractivity contribution < 1.29 is 8.42 Å². The van der Waals surface area contributed by atoms with Gasteiger partial charge in [0.1, 0.15) is 4.99 Å². The van der Waals surface area contributed by atoms with Crippen LogP contribution in [0.3, 0.4) is 0 Å². The summed E-state index contributed by atoms with van der Waals surface area (Å²) >= 11 is 11.0. The molecule has 0 aliphatic rings. The van der Waals surface area contributed by atoms with Gasteiger partial charge in [-0.05, 0) is 42.5 Å². The summed E-state index contributed by atoms with van der Waals surface area (Å²) in [7, 11) is -3.21. The number of rotatable bonds is 4. The van der Waals surface area contributed by atoms with E-state index in [2.05, 4.69) is 5.32 Å². The SMILES string of the molecule is CS(=O)(=O)c1ccc(Nc2cc(Cl)ccc2C(N)=S)cc1. The second kappa shape index (κ2) is 6.01. The van der Waals surface area contributed by atoms with Crippen molar-refractivity contribution in [2.75, 3.05) is 11.6 Å². The molecule has 0 saturated heterocycles. The molecular weight excluding hydrogens is 328 g/mol. The van der Waals surface area contributed by atoms with E-state index in [1.165, 1.54) is 12.1 Å². The lowest BCUT2D eigenvalue weighted by Crippen LogP contribution is -2.11. The molecule has 4 nitrogen and oxygen atoms in total. The molecule has 21 heavy (non-hydrogen) atoms. The molecule has 110 valence electrons. The summed E-state index contributed by atoms with van der Waals surface area (Å²) in [5, 5.41) is 3.67. The van der Waals surface area contributed by atoms with E-state index in [1.54, 1.807) is 30.3 Å². The van der Waals surface area contributed by atoms with E-state index in [9.17, 15) is 8.42 Å². The molecule has 0 fully saturated rings. The minimum Gasteiger partial charge on any atom is -0.389 e. The van der Waals surface area contributed by atoms with Crippen LogP contribution in [-0.2, 0) is 9.84 Å². The van der Waals surface area contributed by atoms with E-state index >= 15 is 0 Å². The summed E-state index contributed by atoms with van der Waals surface area (Å²) < 4.78 is 22.8. The van der Waals surface area contributed by atoms with Crippen molar-refractivity contribution in [1.82, 2.24) is 0 Å². The first kappa shape index (κ1) is 15.8. The highest BCUT2D eigenvalue weighted by atomic mass is 35.5. The second-order valence-corrected chi connectivity index (χ2v) is 7.37. The fourth-order valence-electron chi connectivity index (χ4n) is 1.78. The van der Waals surface area contributed by atoms with Crippen LogP contribution < -0.4 is 11.1 Å². The van der Waals surface area contributed by atoms with Gasteiger partial charge in [0.05, 0.1) is 10.6 Å². The van der Waals surface area contributed by atoms with Gasteiger partial charge in [-0.2, -0.15) is 0 Å². The third kappa shape index (κ3) is 3.93. The van der Waals surface area contributed by atoms with Gasteiger partial charge < -0.3 is 11.1 Å². The summed E-state index contributed by atoms with van der Waals surface area (Å²) in [6.07, 6.45) is 1.16. The van der Waals surface area contributed by atoms with Crippen LogP contribution in [0.4, 0.5) is 11.4 Å². The van der Waals surface area contributed by atoms with E-state index in [4.69, 9.17) is 29.6 Å². The monoisotopic (exact) mass is 340 g/mol. The lowest BCUT2D eigenvalue weighted by molar-refractivity contribution is 0.602. The van der Waals surface area contributed by atoms with Crippen LogP contribution in [0.1, 0.15) is 5.56 Å². The summed E-state index contributed by atoms with van der Waals surface area (Å²) in [5.74, 6) is 0. The summed E-state index contributed by atoms with van der Waals surface area (Å²) in [5.41, 5.74) is 7.72. The van der Waals surface area contributed by atoms with Crippen LogP contribution in [0.5, 0.6) is 0 Å². The highest BCUT2D eigenvalue weighted by Gasteiger charge is 2.09. The predicted molar refractivity (Wildman–Crippen MR) is 90.2 cm³/mol. The maximum atomic E-state index is 11.4. The van der Waals surface area contributed by atoms with Gasteiger partial charge in [0.15, 0.2) is 9.84 Å². The Balaban J connectivity index is 2.34. The van der Waals surface area contributed by atoms with E-state index < -0.39 is 9.84 Å². The third-order valence-electron chi connectivity index (χ3n) is 2.81. The molecule has 2 aromatic rings. The first-order valence-electron chi connectivity index (χ1n) is 5.94. The first-order valence-corrected chi connectivity index (χ1v) is 8.61. The number of nitrogens with two attached hydrogens (primary N) is 1. The van der Waals surface area contributed by atoms with Crippen molar-refractivity contribution in [3.63, 3.8) is 0 Å². The van der Waals surface area contributed by atoms with E-state index in [-0.39, 0.29) is 9.88 Å². The minimum absolute atomic E-state index is 0.252.